The molecule has 0 atom stereocenters. The number of nitrogens with zero attached hydrogens (tertiary/aromatic N) is 3. The minimum Gasteiger partial charge on any atom is -0.335 e. The van der Waals surface area contributed by atoms with Gasteiger partial charge in [-0.05, 0) is 19.9 Å². The highest BCUT2D eigenvalue weighted by molar-refractivity contribution is 5.94. The van der Waals surface area contributed by atoms with Crippen molar-refractivity contribution in [1.29, 1.82) is 0 Å². The van der Waals surface area contributed by atoms with E-state index in [0.717, 1.165) is 0 Å². The second-order valence-corrected chi connectivity index (χ2v) is 4.01. The summed E-state index contributed by atoms with van der Waals surface area (Å²) < 4.78 is 0. The highest BCUT2D eigenvalue weighted by Crippen LogP contribution is 2.13. The minimum absolute atomic E-state index is 0.0969. The molecule has 0 unspecified atom stereocenters. The predicted octanol–water partition coefficient (Wildman–Crippen LogP) is 0.286. The fourth-order valence-electron chi connectivity index (χ4n) is 1.02. The van der Waals surface area contributed by atoms with E-state index in [0.29, 0.717) is 12.1 Å². The first-order valence-electron chi connectivity index (χ1n) is 4.74. The normalized spacial score (nSPS) is 11.2. The van der Waals surface area contributed by atoms with Crippen LogP contribution in [0.15, 0.2) is 18.5 Å². The van der Waals surface area contributed by atoms with E-state index >= 15 is 0 Å². The molecule has 15 heavy (non-hydrogen) atoms. The molecule has 0 aliphatic carbocycles. The average Bonchev–Trinajstić information content (AvgIpc) is 2.28. The monoisotopic (exact) mass is 208 g/mol. The van der Waals surface area contributed by atoms with Crippen molar-refractivity contribution in [3.63, 3.8) is 0 Å². The summed E-state index contributed by atoms with van der Waals surface area (Å²) in [5.74, 6) is -0.0969. The van der Waals surface area contributed by atoms with E-state index in [1.807, 2.05) is 13.8 Å². The van der Waals surface area contributed by atoms with Gasteiger partial charge in [0.25, 0.3) is 5.91 Å². The Morgan fingerprint density at radius 3 is 2.67 bits per heavy atom. The summed E-state index contributed by atoms with van der Waals surface area (Å²) >= 11 is 0. The Labute approximate surface area is 89.3 Å². The van der Waals surface area contributed by atoms with Gasteiger partial charge in [0.15, 0.2) is 0 Å². The van der Waals surface area contributed by atoms with E-state index in [-0.39, 0.29) is 11.4 Å². The van der Waals surface area contributed by atoms with Gasteiger partial charge >= 0.3 is 0 Å². The molecule has 5 heteroatoms. The van der Waals surface area contributed by atoms with Gasteiger partial charge in [0, 0.05) is 19.1 Å². The molecule has 1 aromatic rings. The minimum atomic E-state index is -0.361. The maximum absolute atomic E-state index is 12.0. The van der Waals surface area contributed by atoms with Crippen LogP contribution in [0.3, 0.4) is 0 Å². The Kier molecular flexibility index (Phi) is 3.36. The number of hydrogen-bond acceptors (Lipinski definition) is 4. The number of nitrogens with two attached hydrogens (primary N) is 1. The van der Waals surface area contributed by atoms with Crippen LogP contribution in [0, 0.1) is 0 Å². The maximum atomic E-state index is 12.0. The Morgan fingerprint density at radius 2 is 2.20 bits per heavy atom. The molecule has 0 aliphatic rings. The van der Waals surface area contributed by atoms with Gasteiger partial charge in [-0.25, -0.2) is 0 Å². The quantitative estimate of drug-likeness (QED) is 0.774. The van der Waals surface area contributed by atoms with Crippen LogP contribution in [0.5, 0.6) is 0 Å². The van der Waals surface area contributed by atoms with Crippen molar-refractivity contribution in [3.8, 4) is 0 Å². The molecule has 0 bridgehead atoms. The Morgan fingerprint density at radius 1 is 1.53 bits per heavy atom. The first-order chi connectivity index (χ1) is 6.99. The molecular weight excluding hydrogens is 192 g/mol. The third-order valence-electron chi connectivity index (χ3n) is 2.54. The van der Waals surface area contributed by atoms with Crippen molar-refractivity contribution in [3.05, 3.63) is 24.0 Å². The second kappa shape index (κ2) is 4.35. The maximum Gasteiger partial charge on any atom is 0.255 e. The van der Waals surface area contributed by atoms with Gasteiger partial charge in [0.05, 0.1) is 18.0 Å². The molecule has 1 aromatic heterocycles. The van der Waals surface area contributed by atoms with E-state index < -0.39 is 0 Å². The van der Waals surface area contributed by atoms with Gasteiger partial charge in [-0.2, -0.15) is 10.2 Å². The summed E-state index contributed by atoms with van der Waals surface area (Å²) in [4.78, 5) is 13.6. The van der Waals surface area contributed by atoms with Gasteiger partial charge in [0.1, 0.15) is 0 Å². The molecule has 0 aromatic carbocycles. The third kappa shape index (κ3) is 2.50. The molecule has 0 saturated carbocycles. The van der Waals surface area contributed by atoms with E-state index in [2.05, 4.69) is 10.2 Å². The summed E-state index contributed by atoms with van der Waals surface area (Å²) in [7, 11) is 1.73. The molecule has 1 rings (SSSR count). The Hall–Kier alpha value is -1.49. The zero-order valence-corrected chi connectivity index (χ0v) is 9.27. The fourth-order valence-corrected chi connectivity index (χ4v) is 1.02. The van der Waals surface area contributed by atoms with Crippen LogP contribution < -0.4 is 5.73 Å². The first kappa shape index (κ1) is 11.6. The standard InChI is InChI=1S/C10H16N4O/c1-10(2,7-11)14(3)9(15)8-4-5-12-13-6-8/h4-6H,7,11H2,1-3H3. The number of carbonyl (C=O) groups excluding carboxylic acids is 1. The molecule has 0 radical (unpaired) electrons. The number of amides is 1. The van der Waals surface area contributed by atoms with Crippen molar-refractivity contribution in [2.45, 2.75) is 19.4 Å². The fraction of sp³-hybridized carbons (Fsp3) is 0.500. The van der Waals surface area contributed by atoms with Gasteiger partial charge < -0.3 is 10.6 Å². The number of rotatable bonds is 3. The molecule has 0 aliphatic heterocycles. The van der Waals surface area contributed by atoms with E-state index in [9.17, 15) is 4.79 Å². The SMILES string of the molecule is CN(C(=O)c1ccnnc1)C(C)(C)CN. The van der Waals surface area contributed by atoms with Crippen LogP contribution in [0.25, 0.3) is 0 Å². The third-order valence-corrected chi connectivity index (χ3v) is 2.54. The Balaban J connectivity index is 2.87. The van der Waals surface area contributed by atoms with Gasteiger partial charge in [-0.15, -0.1) is 0 Å². The number of carbonyl (C=O) groups is 1. The number of likely N-dealkylation sites (N-methyl/N-ethyl adjacent to an activating group) is 1. The lowest BCUT2D eigenvalue weighted by Crippen LogP contribution is -2.50. The summed E-state index contributed by atoms with van der Waals surface area (Å²) in [6.45, 7) is 4.24. The van der Waals surface area contributed by atoms with E-state index in [1.54, 1.807) is 18.0 Å². The second-order valence-electron chi connectivity index (χ2n) is 4.01. The molecule has 1 heterocycles. The smallest absolute Gasteiger partial charge is 0.255 e. The molecular formula is C10H16N4O. The van der Waals surface area contributed by atoms with Crippen LogP contribution in [0.2, 0.25) is 0 Å². The highest BCUT2D eigenvalue weighted by atomic mass is 16.2. The van der Waals surface area contributed by atoms with Crippen LogP contribution in [0.4, 0.5) is 0 Å². The Bertz CT molecular complexity index is 337. The molecule has 1 amide bonds. The predicted molar refractivity (Wildman–Crippen MR) is 57.3 cm³/mol. The summed E-state index contributed by atoms with van der Waals surface area (Å²) in [6, 6.07) is 1.64. The number of hydrogen-bond donors (Lipinski definition) is 1. The summed E-state index contributed by atoms with van der Waals surface area (Å²) in [5.41, 5.74) is 5.76. The largest absolute Gasteiger partial charge is 0.335 e. The molecule has 82 valence electrons. The van der Waals surface area contributed by atoms with Gasteiger partial charge in [0.2, 0.25) is 0 Å². The van der Waals surface area contributed by atoms with Crippen molar-refractivity contribution >= 4 is 5.91 Å². The van der Waals surface area contributed by atoms with Crippen LogP contribution in [-0.2, 0) is 0 Å². The van der Waals surface area contributed by atoms with Crippen molar-refractivity contribution in [2.24, 2.45) is 5.73 Å². The average molecular weight is 208 g/mol. The lowest BCUT2D eigenvalue weighted by Gasteiger charge is -2.34. The molecule has 2 N–H and O–H groups in total. The van der Waals surface area contributed by atoms with Crippen LogP contribution >= 0.6 is 0 Å². The first-order valence-corrected chi connectivity index (χ1v) is 4.74. The zero-order chi connectivity index (χ0) is 11.5. The van der Waals surface area contributed by atoms with Gasteiger partial charge in [-0.1, -0.05) is 0 Å². The van der Waals surface area contributed by atoms with Gasteiger partial charge in [-0.3, -0.25) is 4.79 Å². The van der Waals surface area contributed by atoms with Crippen molar-refractivity contribution < 1.29 is 4.79 Å². The topological polar surface area (TPSA) is 72.1 Å². The van der Waals surface area contributed by atoms with E-state index in [1.165, 1.54) is 12.4 Å². The summed E-state index contributed by atoms with van der Waals surface area (Å²) in [5, 5.41) is 7.29. The summed E-state index contributed by atoms with van der Waals surface area (Å²) in [6.07, 6.45) is 2.95. The lowest BCUT2D eigenvalue weighted by atomic mass is 10.0. The van der Waals surface area contributed by atoms with Crippen LogP contribution in [-0.4, -0.2) is 40.1 Å². The molecule has 0 fully saturated rings. The number of aromatic nitrogens is 2. The van der Waals surface area contributed by atoms with Crippen molar-refractivity contribution in [1.82, 2.24) is 15.1 Å². The molecule has 5 nitrogen and oxygen atoms in total. The highest BCUT2D eigenvalue weighted by Gasteiger charge is 2.26. The molecule has 0 saturated heterocycles. The zero-order valence-electron chi connectivity index (χ0n) is 9.27. The van der Waals surface area contributed by atoms with Crippen molar-refractivity contribution in [2.75, 3.05) is 13.6 Å². The van der Waals surface area contributed by atoms with Crippen LogP contribution in [0.1, 0.15) is 24.2 Å². The lowest BCUT2D eigenvalue weighted by molar-refractivity contribution is 0.0639. The molecule has 0 spiro atoms. The van der Waals surface area contributed by atoms with E-state index in [4.69, 9.17) is 5.73 Å².